The molecule has 8 nitrogen and oxygen atoms in total. The fraction of sp³-hybridized carbons (Fsp3) is 0.462. The van der Waals surface area contributed by atoms with Gasteiger partial charge in [0.25, 0.3) is 5.56 Å². The number of hydrogen-bond acceptors (Lipinski definition) is 9. The molecule has 0 N–H and O–H groups in total. The van der Waals surface area contributed by atoms with E-state index in [-0.39, 0.29) is 5.56 Å². The molecule has 0 unspecified atom stereocenters. The lowest BCUT2D eigenvalue weighted by molar-refractivity contribution is 0.296. The second-order valence-corrected chi connectivity index (χ2v) is 6.99. The summed E-state index contributed by atoms with van der Waals surface area (Å²) in [6.07, 6.45) is 2.64. The Morgan fingerprint density at radius 1 is 1.39 bits per heavy atom. The minimum atomic E-state index is -0.164. The SMILES string of the molecule is CCc1nc(CN(C)Cc2cc(=O)n3nc(SC)sc3n2)no1. The van der Waals surface area contributed by atoms with Crippen LogP contribution in [0.5, 0.6) is 0 Å². The molecule has 3 aromatic heterocycles. The van der Waals surface area contributed by atoms with Gasteiger partial charge >= 0.3 is 0 Å². The van der Waals surface area contributed by atoms with Crippen LogP contribution in [0.2, 0.25) is 0 Å². The van der Waals surface area contributed by atoms with E-state index in [1.807, 2.05) is 25.1 Å². The highest BCUT2D eigenvalue weighted by Gasteiger charge is 2.12. The quantitative estimate of drug-likeness (QED) is 0.616. The van der Waals surface area contributed by atoms with E-state index < -0.39 is 0 Å². The third-order valence-corrected chi connectivity index (χ3v) is 4.99. The van der Waals surface area contributed by atoms with Gasteiger partial charge in [0.15, 0.2) is 10.2 Å². The first-order chi connectivity index (χ1) is 11.1. The Hall–Kier alpha value is -1.78. The largest absolute Gasteiger partial charge is 0.339 e. The van der Waals surface area contributed by atoms with E-state index in [1.54, 1.807) is 0 Å². The van der Waals surface area contributed by atoms with E-state index >= 15 is 0 Å². The lowest BCUT2D eigenvalue weighted by Crippen LogP contribution is -2.22. The van der Waals surface area contributed by atoms with Gasteiger partial charge in [-0.05, 0) is 13.3 Å². The highest BCUT2D eigenvalue weighted by molar-refractivity contribution is 8.00. The molecule has 0 aliphatic rings. The summed E-state index contributed by atoms with van der Waals surface area (Å²) < 4.78 is 7.25. The van der Waals surface area contributed by atoms with Crippen molar-refractivity contribution in [2.75, 3.05) is 13.3 Å². The van der Waals surface area contributed by atoms with Crippen molar-refractivity contribution >= 4 is 28.1 Å². The fourth-order valence-electron chi connectivity index (χ4n) is 2.07. The van der Waals surface area contributed by atoms with Gasteiger partial charge in [-0.15, -0.1) is 5.10 Å². The predicted molar refractivity (Wildman–Crippen MR) is 87.8 cm³/mol. The van der Waals surface area contributed by atoms with Crippen molar-refractivity contribution in [2.24, 2.45) is 0 Å². The Kier molecular flexibility index (Phi) is 4.74. The maximum absolute atomic E-state index is 12.1. The third-order valence-electron chi connectivity index (χ3n) is 3.11. The third kappa shape index (κ3) is 3.59. The summed E-state index contributed by atoms with van der Waals surface area (Å²) in [6, 6.07) is 1.51. The summed E-state index contributed by atoms with van der Waals surface area (Å²) in [5, 5.41) is 8.13. The number of hydrogen-bond donors (Lipinski definition) is 0. The molecule has 122 valence electrons. The van der Waals surface area contributed by atoms with Crippen molar-refractivity contribution in [3.05, 3.63) is 33.8 Å². The Bertz CT molecular complexity index is 871. The van der Waals surface area contributed by atoms with Gasteiger partial charge in [0.05, 0.1) is 12.2 Å². The van der Waals surface area contributed by atoms with Crippen molar-refractivity contribution < 1.29 is 4.52 Å². The van der Waals surface area contributed by atoms with Gasteiger partial charge in [0, 0.05) is 19.0 Å². The van der Waals surface area contributed by atoms with Crippen LogP contribution in [0.4, 0.5) is 0 Å². The van der Waals surface area contributed by atoms with Crippen LogP contribution in [-0.2, 0) is 19.5 Å². The monoisotopic (exact) mass is 352 g/mol. The van der Waals surface area contributed by atoms with Crippen LogP contribution in [-0.4, -0.2) is 42.9 Å². The molecule has 3 aromatic rings. The van der Waals surface area contributed by atoms with Crippen LogP contribution in [0.3, 0.4) is 0 Å². The first-order valence-electron chi connectivity index (χ1n) is 7.03. The second kappa shape index (κ2) is 6.77. The molecule has 0 aliphatic heterocycles. The van der Waals surface area contributed by atoms with Crippen molar-refractivity contribution in [1.82, 2.24) is 29.6 Å². The molecular formula is C13H16N6O2S2. The van der Waals surface area contributed by atoms with Crippen molar-refractivity contribution in [2.45, 2.75) is 30.8 Å². The summed E-state index contributed by atoms with van der Waals surface area (Å²) in [5.74, 6) is 1.25. The van der Waals surface area contributed by atoms with Gasteiger partial charge in [-0.1, -0.05) is 35.2 Å². The molecule has 3 heterocycles. The molecule has 0 aromatic carbocycles. The van der Waals surface area contributed by atoms with Gasteiger partial charge in [-0.25, -0.2) is 4.98 Å². The molecule has 3 rings (SSSR count). The van der Waals surface area contributed by atoms with E-state index in [0.717, 1.165) is 10.8 Å². The lowest BCUT2D eigenvalue weighted by atomic mass is 10.3. The van der Waals surface area contributed by atoms with Gasteiger partial charge < -0.3 is 4.52 Å². The number of rotatable bonds is 6. The van der Waals surface area contributed by atoms with E-state index in [1.165, 1.54) is 33.7 Å². The Balaban J connectivity index is 1.76. The second-order valence-electron chi connectivity index (χ2n) is 4.98. The van der Waals surface area contributed by atoms with Crippen LogP contribution in [0.15, 0.2) is 19.7 Å². The molecule has 23 heavy (non-hydrogen) atoms. The first kappa shape index (κ1) is 16.1. The molecule has 0 atom stereocenters. The molecule has 0 saturated heterocycles. The minimum Gasteiger partial charge on any atom is -0.339 e. The topological polar surface area (TPSA) is 89.4 Å². The van der Waals surface area contributed by atoms with Crippen LogP contribution < -0.4 is 5.56 Å². The van der Waals surface area contributed by atoms with Gasteiger partial charge in [-0.2, -0.15) is 9.50 Å². The van der Waals surface area contributed by atoms with Crippen molar-refractivity contribution in [1.29, 1.82) is 0 Å². The van der Waals surface area contributed by atoms with Crippen molar-refractivity contribution in [3.63, 3.8) is 0 Å². The molecule has 0 radical (unpaired) electrons. The number of thioether (sulfide) groups is 1. The lowest BCUT2D eigenvalue weighted by Gasteiger charge is -2.13. The zero-order chi connectivity index (χ0) is 16.4. The van der Waals surface area contributed by atoms with E-state index in [0.29, 0.717) is 35.5 Å². The Labute approximate surface area is 140 Å². The molecule has 0 amide bonds. The van der Waals surface area contributed by atoms with E-state index in [9.17, 15) is 4.79 Å². The standard InChI is InChI=1S/C13H16N6O2S2/c1-4-10-15-9(17-21-10)7-18(2)6-8-5-11(20)19-12(14-8)23-13(16-19)22-3/h5H,4,6-7H2,1-3H3. The van der Waals surface area contributed by atoms with Gasteiger partial charge in [0.2, 0.25) is 10.9 Å². The average molecular weight is 352 g/mol. The zero-order valence-electron chi connectivity index (χ0n) is 13.0. The number of nitrogens with zero attached hydrogens (tertiary/aromatic N) is 6. The maximum atomic E-state index is 12.1. The minimum absolute atomic E-state index is 0.164. The molecular weight excluding hydrogens is 336 g/mol. The van der Waals surface area contributed by atoms with Crippen LogP contribution >= 0.6 is 23.1 Å². The summed E-state index contributed by atoms with van der Waals surface area (Å²) >= 11 is 2.91. The number of aromatic nitrogens is 5. The molecule has 0 spiro atoms. The summed E-state index contributed by atoms with van der Waals surface area (Å²) in [6.45, 7) is 3.02. The van der Waals surface area contributed by atoms with Crippen LogP contribution in [0.1, 0.15) is 24.3 Å². The predicted octanol–water partition coefficient (Wildman–Crippen LogP) is 1.45. The highest BCUT2D eigenvalue weighted by Crippen LogP contribution is 2.20. The summed E-state index contributed by atoms with van der Waals surface area (Å²) in [4.78, 5) is 23.5. The highest BCUT2D eigenvalue weighted by atomic mass is 32.2. The summed E-state index contributed by atoms with van der Waals surface area (Å²) in [7, 11) is 1.92. The number of aryl methyl sites for hydroxylation is 1. The molecule has 0 saturated carbocycles. The zero-order valence-corrected chi connectivity index (χ0v) is 14.6. The normalized spacial score (nSPS) is 11.7. The molecule has 0 aliphatic carbocycles. The fourth-order valence-corrected chi connectivity index (χ4v) is 3.45. The summed E-state index contributed by atoms with van der Waals surface area (Å²) in [5.41, 5.74) is 0.538. The van der Waals surface area contributed by atoms with Crippen LogP contribution in [0.25, 0.3) is 4.96 Å². The average Bonchev–Trinajstić information content (AvgIpc) is 3.13. The first-order valence-corrected chi connectivity index (χ1v) is 9.07. The van der Waals surface area contributed by atoms with E-state index in [2.05, 4.69) is 20.2 Å². The number of fused-ring (bicyclic) bond motifs is 1. The molecule has 0 fully saturated rings. The molecule has 10 heteroatoms. The Morgan fingerprint density at radius 2 is 2.22 bits per heavy atom. The van der Waals surface area contributed by atoms with Crippen LogP contribution in [0, 0.1) is 0 Å². The van der Waals surface area contributed by atoms with Crippen molar-refractivity contribution in [3.8, 4) is 0 Å². The van der Waals surface area contributed by atoms with E-state index in [4.69, 9.17) is 4.52 Å². The Morgan fingerprint density at radius 3 is 2.91 bits per heavy atom. The molecule has 0 bridgehead atoms. The smallest absolute Gasteiger partial charge is 0.275 e. The van der Waals surface area contributed by atoms with Gasteiger partial charge in [0.1, 0.15) is 0 Å². The maximum Gasteiger partial charge on any atom is 0.275 e. The van der Waals surface area contributed by atoms with Gasteiger partial charge in [-0.3, -0.25) is 9.69 Å².